The third kappa shape index (κ3) is 4.31. The molecule has 1 N–H and O–H groups in total. The first-order chi connectivity index (χ1) is 15.3. The Hall–Kier alpha value is -2.83. The van der Waals surface area contributed by atoms with Gasteiger partial charge in [-0.05, 0) is 47.5 Å². The summed E-state index contributed by atoms with van der Waals surface area (Å²) in [6.07, 6.45) is 1.98. The van der Waals surface area contributed by atoms with Gasteiger partial charge in [-0.2, -0.15) is 0 Å². The van der Waals surface area contributed by atoms with Crippen molar-refractivity contribution in [2.24, 2.45) is 0 Å². The normalized spacial score (nSPS) is 18.7. The van der Waals surface area contributed by atoms with Gasteiger partial charge in [0, 0.05) is 11.4 Å². The van der Waals surface area contributed by atoms with Crippen molar-refractivity contribution >= 4 is 17.2 Å². The first-order valence-electron chi connectivity index (χ1n) is 10.8. The van der Waals surface area contributed by atoms with Crippen LogP contribution in [-0.2, 0) is 4.79 Å². The summed E-state index contributed by atoms with van der Waals surface area (Å²) in [6.45, 7) is 2.24. The van der Waals surface area contributed by atoms with E-state index in [9.17, 15) is 4.79 Å². The molecule has 5 rings (SSSR count). The van der Waals surface area contributed by atoms with E-state index in [-0.39, 0.29) is 18.0 Å². The highest BCUT2D eigenvalue weighted by Gasteiger charge is 2.31. The number of rotatable bonds is 6. The van der Waals surface area contributed by atoms with Crippen LogP contribution in [0.25, 0.3) is 0 Å². The molecular weight excluding hydrogens is 408 g/mol. The van der Waals surface area contributed by atoms with Crippen molar-refractivity contribution in [1.29, 1.82) is 0 Å². The molecule has 2 aliphatic heterocycles. The van der Waals surface area contributed by atoms with Gasteiger partial charge in [-0.25, -0.2) is 0 Å². The Morgan fingerprint density at radius 1 is 1.06 bits per heavy atom. The highest BCUT2D eigenvalue weighted by atomic mass is 32.1. The average Bonchev–Trinajstić information content (AvgIpc) is 3.52. The maximum atomic E-state index is 13.2. The first kappa shape index (κ1) is 20.1. The van der Waals surface area contributed by atoms with E-state index in [2.05, 4.69) is 41.0 Å². The predicted molar refractivity (Wildman–Crippen MR) is 122 cm³/mol. The fourth-order valence-electron chi connectivity index (χ4n) is 4.45. The number of likely N-dealkylation sites (tertiary alicyclic amines) is 1. The summed E-state index contributed by atoms with van der Waals surface area (Å²) in [5, 5.41) is 5.59. The van der Waals surface area contributed by atoms with Gasteiger partial charge in [0.15, 0.2) is 11.5 Å². The van der Waals surface area contributed by atoms with Crippen molar-refractivity contribution < 1.29 is 14.3 Å². The maximum absolute atomic E-state index is 13.2. The number of hydrogen-bond donors (Lipinski definition) is 1. The molecule has 3 aromatic rings. The molecule has 3 heterocycles. The molecule has 0 aliphatic carbocycles. The second kappa shape index (κ2) is 9.12. The minimum atomic E-state index is 0.0143. The van der Waals surface area contributed by atoms with Crippen molar-refractivity contribution in [2.45, 2.75) is 24.9 Å². The standard InChI is InChI=1S/C25H26N2O3S/c28-24(17-26-25(23-9-5-15-31-23)18-6-2-1-3-7-18)27-12-4-8-20(27)19-10-11-21-22(16-19)30-14-13-29-21/h1-3,5-7,9-11,15-16,20,25-26H,4,8,12-14,17H2. The number of thiophene rings is 1. The summed E-state index contributed by atoms with van der Waals surface area (Å²) in [6, 6.07) is 20.6. The van der Waals surface area contributed by atoms with Crippen molar-refractivity contribution in [3.63, 3.8) is 0 Å². The van der Waals surface area contributed by atoms with Gasteiger partial charge in [0.1, 0.15) is 13.2 Å². The van der Waals surface area contributed by atoms with Gasteiger partial charge < -0.3 is 14.4 Å². The molecule has 2 aliphatic rings. The summed E-state index contributed by atoms with van der Waals surface area (Å²) in [7, 11) is 0. The van der Waals surface area contributed by atoms with Gasteiger partial charge in [-0.3, -0.25) is 10.1 Å². The molecule has 31 heavy (non-hydrogen) atoms. The monoisotopic (exact) mass is 434 g/mol. The molecule has 0 radical (unpaired) electrons. The number of carbonyl (C=O) groups excluding carboxylic acids is 1. The number of fused-ring (bicyclic) bond motifs is 1. The molecular formula is C25H26N2O3S. The minimum Gasteiger partial charge on any atom is -0.486 e. The van der Waals surface area contributed by atoms with Crippen LogP contribution < -0.4 is 14.8 Å². The molecule has 5 nitrogen and oxygen atoms in total. The lowest BCUT2D eigenvalue weighted by Crippen LogP contribution is -2.39. The van der Waals surface area contributed by atoms with Crippen LogP contribution in [0.4, 0.5) is 0 Å². The maximum Gasteiger partial charge on any atom is 0.237 e. The third-order valence-electron chi connectivity index (χ3n) is 5.94. The average molecular weight is 435 g/mol. The molecule has 2 unspecified atom stereocenters. The number of ether oxygens (including phenoxy) is 2. The highest BCUT2D eigenvalue weighted by molar-refractivity contribution is 7.10. The van der Waals surface area contributed by atoms with Gasteiger partial charge in [0.2, 0.25) is 5.91 Å². The van der Waals surface area contributed by atoms with Crippen molar-refractivity contribution in [2.75, 3.05) is 26.3 Å². The molecule has 6 heteroatoms. The lowest BCUT2D eigenvalue weighted by atomic mass is 10.0. The molecule has 1 amide bonds. The molecule has 2 aromatic carbocycles. The summed E-state index contributed by atoms with van der Waals surface area (Å²) in [5.41, 5.74) is 2.29. The van der Waals surface area contributed by atoms with Gasteiger partial charge in [0.25, 0.3) is 0 Å². The van der Waals surface area contributed by atoms with Crippen LogP contribution in [0.15, 0.2) is 66.0 Å². The number of amides is 1. The minimum absolute atomic E-state index is 0.0143. The fraction of sp³-hybridized carbons (Fsp3) is 0.320. The molecule has 1 saturated heterocycles. The summed E-state index contributed by atoms with van der Waals surface area (Å²) in [5.74, 6) is 1.70. The van der Waals surface area contributed by atoms with E-state index in [1.54, 1.807) is 11.3 Å². The molecule has 1 aromatic heterocycles. The zero-order valence-electron chi connectivity index (χ0n) is 17.3. The van der Waals surface area contributed by atoms with E-state index in [0.29, 0.717) is 19.8 Å². The Bertz CT molecular complexity index is 1020. The van der Waals surface area contributed by atoms with Crippen LogP contribution in [0.5, 0.6) is 11.5 Å². The number of hydrogen-bond acceptors (Lipinski definition) is 5. The summed E-state index contributed by atoms with van der Waals surface area (Å²) < 4.78 is 11.4. The van der Waals surface area contributed by atoms with Crippen LogP contribution in [-0.4, -0.2) is 37.1 Å². The number of benzene rings is 2. The molecule has 160 valence electrons. The fourth-order valence-corrected chi connectivity index (χ4v) is 5.28. The van der Waals surface area contributed by atoms with Crippen LogP contribution in [0, 0.1) is 0 Å². The Labute approximate surface area is 186 Å². The van der Waals surface area contributed by atoms with E-state index in [0.717, 1.165) is 36.4 Å². The van der Waals surface area contributed by atoms with E-state index in [1.807, 2.05) is 35.2 Å². The quantitative estimate of drug-likeness (QED) is 0.618. The molecule has 0 bridgehead atoms. The van der Waals surface area contributed by atoms with Crippen molar-refractivity contribution in [3.8, 4) is 11.5 Å². The van der Waals surface area contributed by atoms with Gasteiger partial charge in [0.05, 0.1) is 18.6 Å². The predicted octanol–water partition coefficient (Wildman–Crippen LogP) is 4.56. The van der Waals surface area contributed by atoms with Crippen LogP contribution >= 0.6 is 11.3 Å². The number of nitrogens with one attached hydrogen (secondary N) is 1. The van der Waals surface area contributed by atoms with E-state index in [4.69, 9.17) is 9.47 Å². The number of carbonyl (C=O) groups is 1. The van der Waals surface area contributed by atoms with Crippen LogP contribution in [0.2, 0.25) is 0 Å². The Balaban J connectivity index is 1.30. The van der Waals surface area contributed by atoms with Gasteiger partial charge >= 0.3 is 0 Å². The summed E-state index contributed by atoms with van der Waals surface area (Å²) in [4.78, 5) is 16.5. The second-order valence-corrected chi connectivity index (χ2v) is 8.87. The van der Waals surface area contributed by atoms with E-state index >= 15 is 0 Å². The largest absolute Gasteiger partial charge is 0.486 e. The van der Waals surface area contributed by atoms with Crippen LogP contribution in [0.3, 0.4) is 0 Å². The Morgan fingerprint density at radius 2 is 1.90 bits per heavy atom. The van der Waals surface area contributed by atoms with E-state index < -0.39 is 0 Å². The van der Waals surface area contributed by atoms with Gasteiger partial charge in [-0.1, -0.05) is 42.5 Å². The van der Waals surface area contributed by atoms with Crippen molar-refractivity contribution in [1.82, 2.24) is 10.2 Å². The lowest BCUT2D eigenvalue weighted by Gasteiger charge is -2.28. The Kier molecular flexibility index (Phi) is 5.91. The summed E-state index contributed by atoms with van der Waals surface area (Å²) >= 11 is 1.71. The van der Waals surface area contributed by atoms with E-state index in [1.165, 1.54) is 10.4 Å². The van der Waals surface area contributed by atoms with Crippen LogP contribution in [0.1, 0.15) is 40.9 Å². The SMILES string of the molecule is O=C(CNC(c1ccccc1)c1cccs1)N1CCCC1c1ccc2c(c1)OCCO2. The number of nitrogens with zero attached hydrogens (tertiary/aromatic N) is 1. The molecule has 2 atom stereocenters. The lowest BCUT2D eigenvalue weighted by molar-refractivity contribution is -0.131. The molecule has 0 saturated carbocycles. The third-order valence-corrected chi connectivity index (χ3v) is 6.88. The molecule has 0 spiro atoms. The first-order valence-corrected chi connectivity index (χ1v) is 11.7. The second-order valence-electron chi connectivity index (χ2n) is 7.89. The highest BCUT2D eigenvalue weighted by Crippen LogP contribution is 2.38. The smallest absolute Gasteiger partial charge is 0.237 e. The zero-order valence-corrected chi connectivity index (χ0v) is 18.1. The van der Waals surface area contributed by atoms with Gasteiger partial charge in [-0.15, -0.1) is 11.3 Å². The Morgan fingerprint density at radius 3 is 2.71 bits per heavy atom. The topological polar surface area (TPSA) is 50.8 Å². The van der Waals surface area contributed by atoms with Crippen molar-refractivity contribution in [3.05, 3.63) is 82.0 Å². The zero-order chi connectivity index (χ0) is 21.0. The molecule has 1 fully saturated rings.